The summed E-state index contributed by atoms with van der Waals surface area (Å²) in [5.41, 5.74) is 9.46. The minimum Gasteiger partial charge on any atom is -0.497 e. The van der Waals surface area contributed by atoms with E-state index < -0.39 is 0 Å². The van der Waals surface area contributed by atoms with Crippen molar-refractivity contribution in [2.24, 2.45) is 5.92 Å². The van der Waals surface area contributed by atoms with E-state index in [-0.39, 0.29) is 11.7 Å². The van der Waals surface area contributed by atoms with Gasteiger partial charge in [-0.3, -0.25) is 4.79 Å². The van der Waals surface area contributed by atoms with Gasteiger partial charge in [0.05, 0.1) is 32.7 Å². The third-order valence-corrected chi connectivity index (χ3v) is 4.68. The van der Waals surface area contributed by atoms with Crippen molar-refractivity contribution in [3.63, 3.8) is 0 Å². The smallest absolute Gasteiger partial charge is 0.189 e. The maximum Gasteiger partial charge on any atom is 0.189 e. The number of carbonyl (C=O) groups is 1. The van der Waals surface area contributed by atoms with E-state index in [2.05, 4.69) is 0 Å². The van der Waals surface area contributed by atoms with Gasteiger partial charge in [0.2, 0.25) is 0 Å². The Morgan fingerprint density at radius 2 is 1.72 bits per heavy atom. The molecule has 2 rings (SSSR count). The van der Waals surface area contributed by atoms with Crippen molar-refractivity contribution >= 4 is 23.2 Å². The molecule has 0 unspecified atom stereocenters. The lowest BCUT2D eigenvalue weighted by molar-refractivity contribution is 0.102. The van der Waals surface area contributed by atoms with Gasteiger partial charge in [0.15, 0.2) is 17.3 Å². The van der Waals surface area contributed by atoms with Crippen LogP contribution in [0.2, 0.25) is 0 Å². The zero-order valence-corrected chi connectivity index (χ0v) is 18.2. The number of anilines is 2. The number of Topliss-reactive ketones (excluding diaryl/α,β-unsaturated/α-hetero) is 1. The first-order valence-corrected chi connectivity index (χ1v) is 9.36. The van der Waals surface area contributed by atoms with Crippen molar-refractivity contribution in [1.29, 1.82) is 0 Å². The van der Waals surface area contributed by atoms with Crippen LogP contribution < -0.4 is 24.8 Å². The minimum atomic E-state index is -0.0826. The summed E-state index contributed by atoms with van der Waals surface area (Å²) in [5, 5.41) is 0. The molecule has 6 heteroatoms. The first-order valence-electron chi connectivity index (χ1n) is 9.36. The Bertz CT molecular complexity index is 917. The highest BCUT2D eigenvalue weighted by Crippen LogP contribution is 2.38. The van der Waals surface area contributed by atoms with Crippen molar-refractivity contribution in [3.05, 3.63) is 47.0 Å². The molecule has 6 nitrogen and oxygen atoms in total. The Morgan fingerprint density at radius 3 is 2.21 bits per heavy atom. The quantitative estimate of drug-likeness (QED) is 0.406. The number of allylic oxidation sites excluding steroid dienone is 1. The average molecular weight is 399 g/mol. The summed E-state index contributed by atoms with van der Waals surface area (Å²) in [4.78, 5) is 15.2. The Labute approximate surface area is 172 Å². The molecule has 0 bridgehead atoms. The highest BCUT2D eigenvalue weighted by atomic mass is 16.5. The number of nitrogens with two attached hydrogens (primary N) is 1. The molecule has 0 spiro atoms. The molecule has 29 heavy (non-hydrogen) atoms. The summed E-state index contributed by atoms with van der Waals surface area (Å²) in [6.07, 6.45) is 1.83. The van der Waals surface area contributed by atoms with Crippen LogP contribution in [0.15, 0.2) is 35.9 Å². The molecule has 0 aromatic heterocycles. The average Bonchev–Trinajstić information content (AvgIpc) is 2.69. The summed E-state index contributed by atoms with van der Waals surface area (Å²) >= 11 is 0. The Kier molecular flexibility index (Phi) is 7.15. The van der Waals surface area contributed by atoms with Crippen LogP contribution in [-0.4, -0.2) is 41.2 Å². The Balaban J connectivity index is 2.58. The Morgan fingerprint density at radius 1 is 1.03 bits per heavy atom. The standard InChI is InChI=1S/C23H30N2O4/c1-14(2)18(22(26)15-8-9-20(25(3)4)19(24)12-15)11-16-10-17(27-5)13-21(28-6)23(16)29-7/h8-14H,24H2,1-7H3. The predicted molar refractivity (Wildman–Crippen MR) is 118 cm³/mol. The molecule has 0 atom stereocenters. The van der Waals surface area contributed by atoms with Gasteiger partial charge >= 0.3 is 0 Å². The van der Waals surface area contributed by atoms with Crippen LogP contribution in [0.1, 0.15) is 29.8 Å². The molecular formula is C23H30N2O4. The summed E-state index contributed by atoms with van der Waals surface area (Å²) in [6.45, 7) is 3.95. The van der Waals surface area contributed by atoms with Gasteiger partial charge < -0.3 is 24.8 Å². The number of nitrogens with zero attached hydrogens (tertiary/aromatic N) is 1. The Hall–Kier alpha value is -3.15. The maximum atomic E-state index is 13.3. The van der Waals surface area contributed by atoms with Gasteiger partial charge in [-0.05, 0) is 36.3 Å². The van der Waals surface area contributed by atoms with Crippen LogP contribution in [0.25, 0.3) is 6.08 Å². The predicted octanol–water partition coefficient (Wildman–Crippen LogP) is 4.28. The number of hydrogen-bond acceptors (Lipinski definition) is 6. The van der Waals surface area contributed by atoms with E-state index in [0.717, 1.165) is 5.69 Å². The molecule has 0 heterocycles. The number of carbonyl (C=O) groups excluding carboxylic acids is 1. The lowest BCUT2D eigenvalue weighted by atomic mass is 9.91. The second-order valence-electron chi connectivity index (χ2n) is 7.20. The summed E-state index contributed by atoms with van der Waals surface area (Å²) in [5.74, 6) is 1.60. The van der Waals surface area contributed by atoms with Crippen molar-refractivity contribution in [2.75, 3.05) is 46.1 Å². The van der Waals surface area contributed by atoms with E-state index in [1.807, 2.05) is 51.1 Å². The van der Waals surface area contributed by atoms with E-state index in [0.29, 0.717) is 39.6 Å². The number of rotatable bonds is 8. The first kappa shape index (κ1) is 22.1. The normalized spacial score (nSPS) is 11.4. The van der Waals surface area contributed by atoms with Gasteiger partial charge in [-0.25, -0.2) is 0 Å². The summed E-state index contributed by atoms with van der Waals surface area (Å²) < 4.78 is 16.3. The molecule has 0 saturated carbocycles. The number of methoxy groups -OCH3 is 3. The van der Waals surface area contributed by atoms with Gasteiger partial charge in [0.25, 0.3) is 0 Å². The van der Waals surface area contributed by atoms with Crippen LogP contribution in [-0.2, 0) is 0 Å². The van der Waals surface area contributed by atoms with Gasteiger partial charge in [-0.15, -0.1) is 0 Å². The fourth-order valence-electron chi connectivity index (χ4n) is 3.12. The van der Waals surface area contributed by atoms with E-state index in [1.165, 1.54) is 0 Å². The van der Waals surface area contributed by atoms with Gasteiger partial charge in [-0.2, -0.15) is 0 Å². The molecule has 0 saturated heterocycles. The van der Waals surface area contributed by atoms with Crippen LogP contribution >= 0.6 is 0 Å². The van der Waals surface area contributed by atoms with Gasteiger partial charge in [0.1, 0.15) is 5.75 Å². The highest BCUT2D eigenvalue weighted by Gasteiger charge is 2.20. The second-order valence-corrected chi connectivity index (χ2v) is 7.20. The van der Waals surface area contributed by atoms with Gasteiger partial charge in [0, 0.05) is 36.9 Å². The largest absolute Gasteiger partial charge is 0.497 e. The van der Waals surface area contributed by atoms with Crippen LogP contribution in [0.4, 0.5) is 11.4 Å². The fourth-order valence-corrected chi connectivity index (χ4v) is 3.12. The lowest BCUT2D eigenvalue weighted by Gasteiger charge is -2.18. The van der Waals surface area contributed by atoms with Crippen LogP contribution in [0, 0.1) is 5.92 Å². The number of ether oxygens (including phenoxy) is 3. The summed E-state index contributed by atoms with van der Waals surface area (Å²) in [7, 11) is 8.54. The van der Waals surface area contributed by atoms with Gasteiger partial charge in [-0.1, -0.05) is 13.8 Å². The first-order chi connectivity index (χ1) is 13.7. The number of benzene rings is 2. The zero-order valence-electron chi connectivity index (χ0n) is 18.2. The number of nitrogen functional groups attached to an aromatic ring is 1. The third-order valence-electron chi connectivity index (χ3n) is 4.68. The van der Waals surface area contributed by atoms with Crippen LogP contribution in [0.3, 0.4) is 0 Å². The molecular weight excluding hydrogens is 368 g/mol. The van der Waals surface area contributed by atoms with E-state index in [9.17, 15) is 4.79 Å². The molecule has 0 aliphatic heterocycles. The molecule has 0 aliphatic carbocycles. The van der Waals surface area contributed by atoms with Crippen molar-refractivity contribution < 1.29 is 19.0 Å². The number of hydrogen-bond donors (Lipinski definition) is 1. The van der Waals surface area contributed by atoms with Crippen molar-refractivity contribution in [2.45, 2.75) is 13.8 Å². The molecule has 0 amide bonds. The third kappa shape index (κ3) is 4.83. The van der Waals surface area contributed by atoms with E-state index in [4.69, 9.17) is 19.9 Å². The monoisotopic (exact) mass is 398 g/mol. The van der Waals surface area contributed by atoms with Crippen molar-refractivity contribution in [1.82, 2.24) is 0 Å². The molecule has 0 radical (unpaired) electrons. The van der Waals surface area contributed by atoms with Crippen LogP contribution in [0.5, 0.6) is 17.2 Å². The summed E-state index contributed by atoms with van der Waals surface area (Å²) in [6, 6.07) is 8.94. The van der Waals surface area contributed by atoms with E-state index >= 15 is 0 Å². The fraction of sp³-hybridized carbons (Fsp3) is 0.348. The molecule has 2 aromatic rings. The van der Waals surface area contributed by atoms with E-state index in [1.54, 1.807) is 39.5 Å². The van der Waals surface area contributed by atoms with Crippen molar-refractivity contribution in [3.8, 4) is 17.2 Å². The molecule has 0 aliphatic rings. The minimum absolute atomic E-state index is 0.0147. The zero-order chi connectivity index (χ0) is 21.7. The molecule has 156 valence electrons. The molecule has 2 aromatic carbocycles. The molecule has 2 N–H and O–H groups in total. The molecule has 0 fully saturated rings. The topological polar surface area (TPSA) is 74.0 Å². The SMILES string of the molecule is COc1cc(C=C(C(=O)c2ccc(N(C)C)c(N)c2)C(C)C)c(OC)c(OC)c1. The second kappa shape index (κ2) is 9.37. The highest BCUT2D eigenvalue weighted by molar-refractivity contribution is 6.12. The number of ketones is 1. The lowest BCUT2D eigenvalue weighted by Crippen LogP contribution is -2.13. The maximum absolute atomic E-state index is 13.3.